The topological polar surface area (TPSA) is 59.4 Å². The summed E-state index contributed by atoms with van der Waals surface area (Å²) in [6, 6.07) is 5.30. The molecule has 0 fully saturated rings. The molecule has 0 amide bonds. The Hall–Kier alpha value is -1.53. The van der Waals surface area contributed by atoms with E-state index in [0.29, 0.717) is 17.2 Å². The van der Waals surface area contributed by atoms with E-state index in [-0.39, 0.29) is 0 Å². The average molecular weight is 281 g/mol. The lowest BCUT2D eigenvalue weighted by atomic mass is 10.5. The summed E-state index contributed by atoms with van der Waals surface area (Å²) in [4.78, 5) is 16.2. The molecule has 0 unspecified atom stereocenters. The molecule has 2 rings (SSSR count). The Morgan fingerprint density at radius 2 is 2.44 bits per heavy atom. The van der Waals surface area contributed by atoms with Crippen molar-refractivity contribution in [2.75, 3.05) is 6.61 Å². The molecule has 0 aliphatic rings. The second-order valence-corrected chi connectivity index (χ2v) is 5.27. The maximum absolute atomic E-state index is 10.8. The number of carbonyl (C=O) groups is 1. The van der Waals surface area contributed by atoms with Crippen molar-refractivity contribution in [1.29, 1.82) is 0 Å². The molecular formula is C12H11NO3S2. The van der Waals surface area contributed by atoms with Crippen LogP contribution in [0.2, 0.25) is 0 Å². The standard InChI is InChI=1S/C12H11NO3S2/c1-2-16-9-4-3-5-13-11(9)18-8-6-10(12(14)15)17-7-8/h3-7H,2H2,1H3,(H,14,15). The zero-order valence-corrected chi connectivity index (χ0v) is 11.3. The van der Waals surface area contributed by atoms with E-state index in [1.165, 1.54) is 23.1 Å². The normalized spacial score (nSPS) is 10.3. The highest BCUT2D eigenvalue weighted by Gasteiger charge is 2.11. The van der Waals surface area contributed by atoms with Gasteiger partial charge in [-0.1, -0.05) is 11.8 Å². The smallest absolute Gasteiger partial charge is 0.345 e. The van der Waals surface area contributed by atoms with Crippen LogP contribution in [0, 0.1) is 0 Å². The maximum Gasteiger partial charge on any atom is 0.345 e. The van der Waals surface area contributed by atoms with E-state index in [1.807, 2.05) is 19.1 Å². The monoisotopic (exact) mass is 281 g/mol. The Bertz CT molecular complexity index is 554. The van der Waals surface area contributed by atoms with Crippen molar-refractivity contribution in [2.24, 2.45) is 0 Å². The number of carboxylic acid groups (broad SMARTS) is 1. The summed E-state index contributed by atoms with van der Waals surface area (Å²) in [6.45, 7) is 2.48. The van der Waals surface area contributed by atoms with Crippen LogP contribution >= 0.6 is 23.1 Å². The number of rotatable bonds is 5. The third-order valence-electron chi connectivity index (χ3n) is 2.04. The average Bonchev–Trinajstić information content (AvgIpc) is 2.81. The van der Waals surface area contributed by atoms with Crippen molar-refractivity contribution in [1.82, 2.24) is 4.98 Å². The highest BCUT2D eigenvalue weighted by atomic mass is 32.2. The van der Waals surface area contributed by atoms with Crippen LogP contribution in [0.15, 0.2) is 39.7 Å². The van der Waals surface area contributed by atoms with Gasteiger partial charge in [-0.2, -0.15) is 0 Å². The fourth-order valence-corrected chi connectivity index (χ4v) is 3.07. The second kappa shape index (κ2) is 5.88. The first-order valence-corrected chi connectivity index (χ1v) is 6.98. The van der Waals surface area contributed by atoms with Gasteiger partial charge < -0.3 is 9.84 Å². The minimum absolute atomic E-state index is 0.325. The summed E-state index contributed by atoms with van der Waals surface area (Å²) in [5.74, 6) is -0.189. The van der Waals surface area contributed by atoms with Gasteiger partial charge in [0.2, 0.25) is 0 Å². The molecule has 6 heteroatoms. The third kappa shape index (κ3) is 3.02. The number of ether oxygens (including phenoxy) is 1. The fraction of sp³-hybridized carbons (Fsp3) is 0.167. The molecular weight excluding hydrogens is 270 g/mol. The number of hydrogen-bond donors (Lipinski definition) is 1. The zero-order chi connectivity index (χ0) is 13.0. The summed E-state index contributed by atoms with van der Waals surface area (Å²) in [5, 5.41) is 11.4. The lowest BCUT2D eigenvalue weighted by Crippen LogP contribution is -1.94. The zero-order valence-electron chi connectivity index (χ0n) is 9.62. The number of thiophene rings is 1. The van der Waals surface area contributed by atoms with Crippen molar-refractivity contribution in [3.05, 3.63) is 34.7 Å². The molecule has 0 aliphatic heterocycles. The van der Waals surface area contributed by atoms with Gasteiger partial charge in [0.15, 0.2) is 5.75 Å². The molecule has 2 heterocycles. The summed E-state index contributed by atoms with van der Waals surface area (Å²) in [5.41, 5.74) is 0. The highest BCUT2D eigenvalue weighted by molar-refractivity contribution is 7.99. The molecule has 0 bridgehead atoms. The third-order valence-corrected chi connectivity index (χ3v) is 4.08. The number of carboxylic acids is 1. The summed E-state index contributed by atoms with van der Waals surface area (Å²) in [7, 11) is 0. The molecule has 4 nitrogen and oxygen atoms in total. The molecule has 0 atom stereocenters. The van der Waals surface area contributed by atoms with Crippen LogP contribution in [-0.4, -0.2) is 22.7 Å². The quantitative estimate of drug-likeness (QED) is 0.910. The summed E-state index contributed by atoms with van der Waals surface area (Å²) < 4.78 is 5.47. The van der Waals surface area contributed by atoms with Crippen molar-refractivity contribution < 1.29 is 14.6 Å². The van der Waals surface area contributed by atoms with Gasteiger partial charge in [-0.25, -0.2) is 9.78 Å². The van der Waals surface area contributed by atoms with E-state index in [1.54, 1.807) is 17.6 Å². The summed E-state index contributed by atoms with van der Waals surface area (Å²) >= 11 is 2.61. The minimum Gasteiger partial charge on any atom is -0.491 e. The molecule has 0 saturated heterocycles. The number of hydrogen-bond acceptors (Lipinski definition) is 5. The van der Waals surface area contributed by atoms with E-state index in [2.05, 4.69) is 4.98 Å². The SMILES string of the molecule is CCOc1cccnc1Sc1csc(C(=O)O)c1. The van der Waals surface area contributed by atoms with Crippen LogP contribution in [0.3, 0.4) is 0 Å². The van der Waals surface area contributed by atoms with E-state index < -0.39 is 5.97 Å². The maximum atomic E-state index is 10.8. The lowest BCUT2D eigenvalue weighted by Gasteiger charge is -2.06. The molecule has 1 N–H and O–H groups in total. The predicted molar refractivity (Wildman–Crippen MR) is 70.8 cm³/mol. The molecule has 0 spiro atoms. The van der Waals surface area contributed by atoms with Gasteiger partial charge in [0.05, 0.1) is 6.61 Å². The Kier molecular flexibility index (Phi) is 4.22. The number of nitrogens with zero attached hydrogens (tertiary/aromatic N) is 1. The number of pyridine rings is 1. The molecule has 94 valence electrons. The molecule has 2 aromatic heterocycles. The predicted octanol–water partition coefficient (Wildman–Crippen LogP) is 3.39. The first kappa shape index (κ1) is 12.9. The molecule has 2 aromatic rings. The van der Waals surface area contributed by atoms with Crippen LogP contribution in [0.1, 0.15) is 16.6 Å². The van der Waals surface area contributed by atoms with Gasteiger partial charge in [-0.05, 0) is 25.1 Å². The highest BCUT2D eigenvalue weighted by Crippen LogP contribution is 2.35. The van der Waals surface area contributed by atoms with Crippen molar-refractivity contribution in [2.45, 2.75) is 16.8 Å². The molecule has 0 radical (unpaired) electrons. The van der Waals surface area contributed by atoms with Crippen LogP contribution in [0.4, 0.5) is 0 Å². The summed E-state index contributed by atoms with van der Waals surface area (Å²) in [6.07, 6.45) is 1.69. The second-order valence-electron chi connectivity index (χ2n) is 3.29. The Morgan fingerprint density at radius 1 is 1.61 bits per heavy atom. The largest absolute Gasteiger partial charge is 0.491 e. The van der Waals surface area contributed by atoms with Crippen molar-refractivity contribution >= 4 is 29.1 Å². The Morgan fingerprint density at radius 3 is 3.11 bits per heavy atom. The minimum atomic E-state index is -0.905. The van der Waals surface area contributed by atoms with Gasteiger partial charge in [0.25, 0.3) is 0 Å². The Labute approximate surface area is 113 Å². The van der Waals surface area contributed by atoms with Crippen LogP contribution in [-0.2, 0) is 0 Å². The van der Waals surface area contributed by atoms with Crippen molar-refractivity contribution in [3.8, 4) is 5.75 Å². The van der Waals surface area contributed by atoms with Gasteiger partial charge >= 0.3 is 5.97 Å². The first-order valence-electron chi connectivity index (χ1n) is 5.28. The van der Waals surface area contributed by atoms with Gasteiger partial charge in [0.1, 0.15) is 9.90 Å². The van der Waals surface area contributed by atoms with Crippen LogP contribution < -0.4 is 4.74 Å². The van der Waals surface area contributed by atoms with Gasteiger partial charge in [-0.3, -0.25) is 0 Å². The van der Waals surface area contributed by atoms with E-state index >= 15 is 0 Å². The van der Waals surface area contributed by atoms with Gasteiger partial charge in [-0.15, -0.1) is 11.3 Å². The molecule has 18 heavy (non-hydrogen) atoms. The van der Waals surface area contributed by atoms with Crippen molar-refractivity contribution in [3.63, 3.8) is 0 Å². The first-order chi connectivity index (χ1) is 8.70. The number of aromatic nitrogens is 1. The van der Waals surface area contributed by atoms with E-state index in [4.69, 9.17) is 9.84 Å². The lowest BCUT2D eigenvalue weighted by molar-refractivity contribution is 0.0702. The van der Waals surface area contributed by atoms with Crippen LogP contribution in [0.25, 0.3) is 0 Å². The van der Waals surface area contributed by atoms with E-state index in [9.17, 15) is 4.79 Å². The molecule has 0 saturated carbocycles. The van der Waals surface area contributed by atoms with E-state index in [0.717, 1.165) is 9.92 Å². The Balaban J connectivity index is 2.19. The number of aromatic carboxylic acids is 1. The molecule has 0 aromatic carbocycles. The van der Waals surface area contributed by atoms with Gasteiger partial charge in [0, 0.05) is 16.5 Å². The molecule has 0 aliphatic carbocycles. The van der Waals surface area contributed by atoms with Crippen LogP contribution in [0.5, 0.6) is 5.75 Å². The fourth-order valence-electron chi connectivity index (χ4n) is 1.31.